The second kappa shape index (κ2) is 14.0. The van der Waals surface area contributed by atoms with Crippen molar-refractivity contribution in [1.82, 2.24) is 9.29 Å². The monoisotopic (exact) mass is 661 g/mol. The molecule has 2 fully saturated rings. The summed E-state index contributed by atoms with van der Waals surface area (Å²) in [6.07, 6.45) is 0.319. The smallest absolute Gasteiger partial charge is 0.309 e. The molecule has 3 heterocycles. The van der Waals surface area contributed by atoms with Crippen LogP contribution < -0.4 is 4.31 Å². The summed E-state index contributed by atoms with van der Waals surface area (Å²) >= 11 is 1.50. The first kappa shape index (κ1) is 35.2. The number of benzene rings is 1. The van der Waals surface area contributed by atoms with E-state index in [2.05, 4.69) is 4.98 Å². The summed E-state index contributed by atoms with van der Waals surface area (Å²) in [6, 6.07) is 8.08. The third kappa shape index (κ3) is 7.85. The van der Waals surface area contributed by atoms with E-state index >= 15 is 0 Å². The summed E-state index contributed by atoms with van der Waals surface area (Å²) in [5.41, 5.74) is 0.644. The van der Waals surface area contributed by atoms with Gasteiger partial charge in [-0.3, -0.25) is 13.9 Å². The number of fused-ring (bicyclic) bond motifs is 1. The molecule has 1 aromatic carbocycles. The molecule has 3 unspecified atom stereocenters. The first-order chi connectivity index (χ1) is 21.0. The molecule has 2 saturated heterocycles. The average Bonchev–Trinajstić information content (AvgIpc) is 3.54. The summed E-state index contributed by atoms with van der Waals surface area (Å²) in [4.78, 5) is 31.3. The Morgan fingerprint density at radius 3 is 2.42 bits per heavy atom. The van der Waals surface area contributed by atoms with Crippen LogP contribution in [0, 0.1) is 24.2 Å². The lowest BCUT2D eigenvalue weighted by Gasteiger charge is -2.34. The molecule has 0 amide bonds. The van der Waals surface area contributed by atoms with Gasteiger partial charge in [0.05, 0.1) is 40.4 Å². The highest BCUT2D eigenvalue weighted by Gasteiger charge is 2.57. The fourth-order valence-corrected chi connectivity index (χ4v) is 8.65. The topological polar surface area (TPSA) is 137 Å². The van der Waals surface area contributed by atoms with E-state index in [9.17, 15) is 28.2 Å². The second-order valence-corrected chi connectivity index (χ2v) is 16.1. The van der Waals surface area contributed by atoms with Gasteiger partial charge < -0.3 is 14.9 Å². The van der Waals surface area contributed by atoms with E-state index in [1.54, 1.807) is 45.0 Å². The number of carbonyl (C=O) groups is 2. The van der Waals surface area contributed by atoms with Crippen LogP contribution in [0.2, 0.25) is 0 Å². The molecule has 2 aromatic rings. The summed E-state index contributed by atoms with van der Waals surface area (Å²) in [5.74, 6) is -2.02. The fourth-order valence-electron chi connectivity index (χ4n) is 6.30. The first-order valence-electron chi connectivity index (χ1n) is 15.6. The predicted octanol–water partition coefficient (Wildman–Crippen LogP) is 4.75. The van der Waals surface area contributed by atoms with Gasteiger partial charge in [-0.1, -0.05) is 52.3 Å². The maximum atomic E-state index is 13.9. The van der Waals surface area contributed by atoms with Crippen molar-refractivity contribution >= 4 is 45.1 Å². The number of thiazole rings is 1. The highest BCUT2D eigenvalue weighted by atomic mass is 32.2. The number of ketones is 1. The van der Waals surface area contributed by atoms with Gasteiger partial charge in [0.2, 0.25) is 0 Å². The molecule has 0 radical (unpaired) electrons. The minimum atomic E-state index is -3.92. The Labute approximate surface area is 271 Å². The van der Waals surface area contributed by atoms with E-state index in [-0.39, 0.29) is 24.2 Å². The number of cyclic esters (lactones) is 1. The minimum Gasteiger partial charge on any atom is -0.458 e. The Balaban J connectivity index is 1.69. The van der Waals surface area contributed by atoms with Crippen molar-refractivity contribution in [3.05, 3.63) is 52.0 Å². The second-order valence-electron chi connectivity index (χ2n) is 13.2. The molecule has 2 N–H and O–H groups in total. The zero-order valence-corrected chi connectivity index (χ0v) is 28.8. The normalized spacial score (nSPS) is 32.0. The molecule has 8 atom stereocenters. The van der Waals surface area contributed by atoms with Crippen LogP contribution in [0.15, 0.2) is 41.3 Å². The van der Waals surface area contributed by atoms with Gasteiger partial charge in [-0.05, 0) is 56.4 Å². The molecule has 10 nitrogen and oxygen atoms in total. The number of anilines is 1. The van der Waals surface area contributed by atoms with Crippen molar-refractivity contribution in [2.45, 2.75) is 104 Å². The van der Waals surface area contributed by atoms with Gasteiger partial charge in [0.1, 0.15) is 11.9 Å². The van der Waals surface area contributed by atoms with Gasteiger partial charge in [0.15, 0.2) is 0 Å². The van der Waals surface area contributed by atoms with Crippen LogP contribution in [0.4, 0.5) is 5.69 Å². The lowest BCUT2D eigenvalue weighted by Crippen LogP contribution is -2.45. The molecular formula is C33H47N3O7S2. The maximum absolute atomic E-state index is 13.9. The van der Waals surface area contributed by atoms with Crippen LogP contribution in [-0.2, 0) is 24.5 Å². The number of ether oxygens (including phenoxy) is 1. The van der Waals surface area contributed by atoms with Gasteiger partial charge in [0.25, 0.3) is 0 Å². The zero-order chi connectivity index (χ0) is 33.3. The van der Waals surface area contributed by atoms with E-state index in [4.69, 9.17) is 4.74 Å². The van der Waals surface area contributed by atoms with E-state index in [1.807, 2.05) is 38.3 Å². The molecule has 0 aliphatic carbocycles. The number of esters is 1. The van der Waals surface area contributed by atoms with Crippen LogP contribution in [0.1, 0.15) is 77.4 Å². The number of Topliss-reactive ketones (excluding diaryl/α,β-unsaturated/α-hetero) is 1. The number of aryl methyl sites for hydroxylation is 1. The van der Waals surface area contributed by atoms with Crippen molar-refractivity contribution in [3.63, 3.8) is 0 Å². The molecule has 2 aliphatic heterocycles. The molecule has 45 heavy (non-hydrogen) atoms. The Hall–Kier alpha value is -2.64. The fraction of sp³-hybridized carbons (Fsp3) is 0.606. The van der Waals surface area contributed by atoms with E-state index in [0.717, 1.165) is 5.01 Å². The van der Waals surface area contributed by atoms with Crippen molar-refractivity contribution in [2.75, 3.05) is 11.4 Å². The molecular weight excluding hydrogens is 615 g/mol. The third-order valence-corrected chi connectivity index (χ3v) is 12.3. The lowest BCUT2D eigenvalue weighted by molar-refractivity contribution is -0.154. The predicted molar refractivity (Wildman–Crippen MR) is 176 cm³/mol. The molecule has 2 aliphatic rings. The summed E-state index contributed by atoms with van der Waals surface area (Å²) < 4.78 is 36.6. The Morgan fingerprint density at radius 1 is 1.13 bits per heavy atom. The number of aliphatic hydroxyl groups excluding tert-OH is 2. The van der Waals surface area contributed by atoms with Crippen molar-refractivity contribution in [2.24, 2.45) is 17.3 Å². The van der Waals surface area contributed by atoms with Gasteiger partial charge >= 0.3 is 16.2 Å². The van der Waals surface area contributed by atoms with Gasteiger partial charge in [-0.25, -0.2) is 4.98 Å². The molecule has 4 rings (SSSR count). The summed E-state index contributed by atoms with van der Waals surface area (Å²) in [6.45, 7) is 10.4. The van der Waals surface area contributed by atoms with Crippen molar-refractivity contribution < 1.29 is 33.0 Å². The highest BCUT2D eigenvalue weighted by molar-refractivity contribution is 7.90. The molecule has 248 valence electrons. The highest BCUT2D eigenvalue weighted by Crippen LogP contribution is 2.43. The molecule has 1 aromatic heterocycles. The third-order valence-electron chi connectivity index (χ3n) is 9.49. The maximum Gasteiger partial charge on any atom is 0.309 e. The van der Waals surface area contributed by atoms with Crippen LogP contribution in [0.3, 0.4) is 0 Å². The van der Waals surface area contributed by atoms with Crippen LogP contribution in [-0.4, -0.2) is 77.1 Å². The number of para-hydroxylation sites is 1. The Kier molecular flexibility index (Phi) is 11.0. The van der Waals surface area contributed by atoms with E-state index < -0.39 is 58.3 Å². The Bertz CT molecular complexity index is 1490. The number of aliphatic hydroxyl groups is 2. The first-order valence-corrected chi connectivity index (χ1v) is 17.9. The van der Waals surface area contributed by atoms with Gasteiger partial charge in [-0.2, -0.15) is 12.7 Å². The van der Waals surface area contributed by atoms with Crippen molar-refractivity contribution in [3.8, 4) is 0 Å². The molecule has 0 bridgehead atoms. The number of rotatable bonds is 5. The number of carbonyl (C=O) groups excluding carboxylic acids is 2. The quantitative estimate of drug-likeness (QED) is 0.346. The van der Waals surface area contributed by atoms with E-state index in [0.29, 0.717) is 36.2 Å². The van der Waals surface area contributed by atoms with Gasteiger partial charge in [0, 0.05) is 36.9 Å². The number of hydrogen-bond acceptors (Lipinski definition) is 9. The molecule has 0 saturated carbocycles. The largest absolute Gasteiger partial charge is 0.458 e. The number of aromatic nitrogens is 1. The molecule has 12 heteroatoms. The standard InChI is InChI=1S/C33H47N3O7S2/c1-20-12-11-15-26-27(36(26)45(41,42)35(7)25-13-9-8-10-14-25)17-28(21(2)16-24-19-44-23(4)34-24)43-30(38)18-29(37)33(5,6)32(40)22(3)31(20)39/h8-10,13-14,16,19-20,22,26-29,31,37,39H,11-12,15,17-18H2,1-7H3/t20-,22+,26+,27?,28?,29-,31-,36?/m0/s1. The van der Waals surface area contributed by atoms with Gasteiger partial charge in [-0.15, -0.1) is 11.3 Å². The SMILES string of the molecule is CC(=Cc1csc(C)n1)C1CC2[C@@H](CCC[C@H](C)[C@H](O)[C@@H](C)C(=O)C(C)(C)[C@@H](O)CC(=O)O1)N2S(=O)(=O)N(C)c1ccccc1. The van der Waals surface area contributed by atoms with E-state index in [1.165, 1.54) is 27.0 Å². The summed E-state index contributed by atoms with van der Waals surface area (Å²) in [7, 11) is -2.40. The van der Waals surface area contributed by atoms with Crippen LogP contribution in [0.25, 0.3) is 6.08 Å². The average molecular weight is 662 g/mol. The Morgan fingerprint density at radius 2 is 1.80 bits per heavy atom. The number of hydrogen-bond donors (Lipinski definition) is 2. The molecule has 0 spiro atoms. The minimum absolute atomic E-state index is 0.220. The zero-order valence-electron chi connectivity index (χ0n) is 27.2. The van der Waals surface area contributed by atoms with Crippen LogP contribution in [0.5, 0.6) is 0 Å². The van der Waals surface area contributed by atoms with Crippen LogP contribution >= 0.6 is 11.3 Å². The van der Waals surface area contributed by atoms with Crippen molar-refractivity contribution in [1.29, 1.82) is 0 Å². The number of nitrogens with zero attached hydrogens (tertiary/aromatic N) is 3. The lowest BCUT2D eigenvalue weighted by atomic mass is 9.73. The summed E-state index contributed by atoms with van der Waals surface area (Å²) in [5, 5.41) is 24.9.